The number of esters is 1. The van der Waals surface area contributed by atoms with E-state index in [0.717, 1.165) is 0 Å². The minimum atomic E-state index is -0.548. The molecule has 0 bridgehead atoms. The molecule has 0 aliphatic heterocycles. The number of H-pyrrole nitrogens is 1. The average molecular weight is 438 g/mol. The van der Waals surface area contributed by atoms with Gasteiger partial charge in [-0.3, -0.25) is 4.79 Å². The molecule has 0 radical (unpaired) electrons. The molecule has 26 heavy (non-hydrogen) atoms. The summed E-state index contributed by atoms with van der Waals surface area (Å²) in [6.45, 7) is 0. The lowest BCUT2D eigenvalue weighted by molar-refractivity contribution is 0.0601. The smallest absolute Gasteiger partial charge is 0.337 e. The molecule has 132 valence electrons. The second-order valence-electron chi connectivity index (χ2n) is 5.30. The number of fused-ring (bicyclic) bond motifs is 1. The Hall–Kier alpha value is -2.51. The number of benzene rings is 2. The van der Waals surface area contributed by atoms with Crippen LogP contribution in [0.5, 0.6) is 0 Å². The van der Waals surface area contributed by atoms with Crippen LogP contribution < -0.4 is 5.56 Å². The summed E-state index contributed by atoms with van der Waals surface area (Å²) in [5, 5.41) is 0.337. The van der Waals surface area contributed by atoms with Crippen LogP contribution in [0.1, 0.15) is 21.7 Å². The highest BCUT2D eigenvalue weighted by Gasteiger charge is 2.12. The molecule has 0 fully saturated rings. The summed E-state index contributed by atoms with van der Waals surface area (Å²) in [5.41, 5.74) is 0.327. The van der Waals surface area contributed by atoms with E-state index in [2.05, 4.69) is 30.6 Å². The van der Waals surface area contributed by atoms with Crippen molar-refractivity contribution in [2.24, 2.45) is 0 Å². The summed E-state index contributed by atoms with van der Waals surface area (Å²) < 4.78 is 19.2. The second kappa shape index (κ2) is 7.39. The molecule has 5 nitrogen and oxygen atoms in total. The van der Waals surface area contributed by atoms with E-state index < -0.39 is 17.3 Å². The molecule has 1 N–H and O–H groups in total. The number of carbonyl (C=O) groups is 1. The number of hydrogen-bond acceptors (Lipinski definition) is 4. The van der Waals surface area contributed by atoms with E-state index in [0.29, 0.717) is 9.86 Å². The first-order valence-corrected chi connectivity index (χ1v) is 8.51. The van der Waals surface area contributed by atoms with Crippen LogP contribution in [-0.2, 0) is 4.74 Å². The van der Waals surface area contributed by atoms with Crippen molar-refractivity contribution in [3.8, 4) is 0 Å². The zero-order chi connectivity index (χ0) is 18.8. The van der Waals surface area contributed by atoms with Crippen LogP contribution in [0, 0.1) is 5.82 Å². The van der Waals surface area contributed by atoms with Gasteiger partial charge in [0.1, 0.15) is 5.82 Å². The van der Waals surface area contributed by atoms with Crippen LogP contribution >= 0.6 is 27.5 Å². The van der Waals surface area contributed by atoms with Gasteiger partial charge in [0.05, 0.1) is 28.6 Å². The molecule has 8 heteroatoms. The first kappa shape index (κ1) is 18.3. The maximum atomic E-state index is 13.9. The Kier molecular flexibility index (Phi) is 5.20. The van der Waals surface area contributed by atoms with E-state index in [4.69, 9.17) is 11.6 Å². The van der Waals surface area contributed by atoms with E-state index in [9.17, 15) is 14.0 Å². The monoisotopic (exact) mass is 436 g/mol. The van der Waals surface area contributed by atoms with Gasteiger partial charge in [0.25, 0.3) is 5.56 Å². The Bertz CT molecular complexity index is 1110. The number of nitrogens with zero attached hydrogens (tertiary/aromatic N) is 1. The summed E-state index contributed by atoms with van der Waals surface area (Å²) in [6.07, 6.45) is 1.36. The minimum absolute atomic E-state index is 0.0458. The number of methoxy groups -OCH3 is 1. The van der Waals surface area contributed by atoms with Gasteiger partial charge in [-0.25, -0.2) is 14.2 Å². The lowest BCUT2D eigenvalue weighted by Gasteiger charge is -2.05. The highest BCUT2D eigenvalue weighted by atomic mass is 79.9. The SMILES string of the molecule is COC(=O)c1ccc2c(=O)[nH]c(/C(Cl)=C/c3cc(Br)ccc3F)nc2c1. The van der Waals surface area contributed by atoms with Crippen LogP contribution in [-0.4, -0.2) is 23.0 Å². The molecule has 2 aromatic carbocycles. The van der Waals surface area contributed by atoms with Crippen LogP contribution in [0.2, 0.25) is 0 Å². The number of carbonyl (C=O) groups excluding carboxylic acids is 1. The van der Waals surface area contributed by atoms with Gasteiger partial charge in [-0.1, -0.05) is 27.5 Å². The molecule has 0 spiro atoms. The molecule has 0 aliphatic carbocycles. The van der Waals surface area contributed by atoms with Crippen molar-refractivity contribution in [3.63, 3.8) is 0 Å². The summed E-state index contributed by atoms with van der Waals surface area (Å²) in [7, 11) is 1.26. The van der Waals surface area contributed by atoms with Gasteiger partial charge in [-0.15, -0.1) is 0 Å². The van der Waals surface area contributed by atoms with Crippen molar-refractivity contribution in [2.45, 2.75) is 0 Å². The van der Waals surface area contributed by atoms with Gasteiger partial charge in [-0.05, 0) is 42.5 Å². The van der Waals surface area contributed by atoms with E-state index in [1.807, 2.05) is 0 Å². The van der Waals surface area contributed by atoms with Crippen molar-refractivity contribution in [3.05, 3.63) is 74.0 Å². The lowest BCUT2D eigenvalue weighted by atomic mass is 10.1. The largest absolute Gasteiger partial charge is 0.465 e. The Balaban J connectivity index is 2.12. The molecule has 0 aliphatic rings. The number of halogens is 3. The third-order valence-electron chi connectivity index (χ3n) is 3.59. The van der Waals surface area contributed by atoms with Crippen molar-refractivity contribution in [1.82, 2.24) is 9.97 Å². The molecular weight excluding hydrogens is 427 g/mol. The average Bonchev–Trinajstić information content (AvgIpc) is 2.63. The number of aromatic amines is 1. The standard InChI is InChI=1S/C18H11BrClFN2O3/c1-26-18(25)9-2-4-12-15(8-9)22-16(23-17(12)24)13(20)7-10-6-11(19)3-5-14(10)21/h2-8H,1H3,(H,22,23,24)/b13-7-. The van der Waals surface area contributed by atoms with E-state index in [-0.39, 0.29) is 27.5 Å². The van der Waals surface area contributed by atoms with Gasteiger partial charge in [0.15, 0.2) is 5.82 Å². The van der Waals surface area contributed by atoms with Crippen molar-refractivity contribution >= 4 is 55.5 Å². The van der Waals surface area contributed by atoms with Gasteiger partial charge in [0.2, 0.25) is 0 Å². The molecule has 0 unspecified atom stereocenters. The molecule has 1 heterocycles. The molecular formula is C18H11BrClFN2O3. The third-order valence-corrected chi connectivity index (χ3v) is 4.38. The number of rotatable bonds is 3. The maximum absolute atomic E-state index is 13.9. The Morgan fingerprint density at radius 1 is 1.31 bits per heavy atom. The Morgan fingerprint density at radius 3 is 2.81 bits per heavy atom. The zero-order valence-corrected chi connectivity index (χ0v) is 15.7. The molecule has 3 rings (SSSR count). The minimum Gasteiger partial charge on any atom is -0.465 e. The van der Waals surface area contributed by atoms with Crippen LogP contribution in [0.15, 0.2) is 45.7 Å². The summed E-state index contributed by atoms with van der Waals surface area (Å²) in [4.78, 5) is 30.7. The highest BCUT2D eigenvalue weighted by Crippen LogP contribution is 2.24. The molecule has 0 saturated heterocycles. The first-order chi connectivity index (χ1) is 12.4. The van der Waals surface area contributed by atoms with Crippen LogP contribution in [0.4, 0.5) is 4.39 Å². The molecule has 3 aromatic rings. The van der Waals surface area contributed by atoms with Gasteiger partial charge >= 0.3 is 5.97 Å². The van der Waals surface area contributed by atoms with E-state index in [1.165, 1.54) is 37.5 Å². The first-order valence-electron chi connectivity index (χ1n) is 7.34. The third kappa shape index (κ3) is 3.68. The molecule has 0 saturated carbocycles. The lowest BCUT2D eigenvalue weighted by Crippen LogP contribution is -2.11. The number of aromatic nitrogens is 2. The Morgan fingerprint density at radius 2 is 2.08 bits per heavy atom. The molecule has 0 amide bonds. The summed E-state index contributed by atoms with van der Waals surface area (Å²) in [5.74, 6) is -0.957. The fraction of sp³-hybridized carbons (Fsp3) is 0.0556. The maximum Gasteiger partial charge on any atom is 0.337 e. The van der Waals surface area contributed by atoms with Gasteiger partial charge in [0, 0.05) is 10.0 Å². The van der Waals surface area contributed by atoms with Crippen molar-refractivity contribution < 1.29 is 13.9 Å². The molecule has 0 atom stereocenters. The fourth-order valence-corrected chi connectivity index (χ4v) is 2.91. The van der Waals surface area contributed by atoms with E-state index in [1.54, 1.807) is 12.1 Å². The molecule has 1 aromatic heterocycles. The van der Waals surface area contributed by atoms with Crippen LogP contribution in [0.25, 0.3) is 22.0 Å². The number of ether oxygens (including phenoxy) is 1. The zero-order valence-electron chi connectivity index (χ0n) is 13.3. The Labute approximate surface area is 160 Å². The topological polar surface area (TPSA) is 72.1 Å². The normalized spacial score (nSPS) is 11.6. The van der Waals surface area contributed by atoms with Crippen molar-refractivity contribution in [2.75, 3.05) is 7.11 Å². The summed E-state index contributed by atoms with van der Waals surface area (Å²) >= 11 is 9.48. The predicted octanol–water partition coefficient (Wildman–Crippen LogP) is 4.35. The predicted molar refractivity (Wildman–Crippen MR) is 102 cm³/mol. The van der Waals surface area contributed by atoms with Gasteiger partial charge in [-0.2, -0.15) is 0 Å². The number of hydrogen-bond donors (Lipinski definition) is 1. The van der Waals surface area contributed by atoms with E-state index >= 15 is 0 Å². The van der Waals surface area contributed by atoms with Crippen LogP contribution in [0.3, 0.4) is 0 Å². The summed E-state index contributed by atoms with van der Waals surface area (Å²) in [6, 6.07) is 8.78. The fourth-order valence-electron chi connectivity index (χ4n) is 2.33. The second-order valence-corrected chi connectivity index (χ2v) is 6.62. The quantitative estimate of drug-likeness (QED) is 0.619. The van der Waals surface area contributed by atoms with Crippen molar-refractivity contribution in [1.29, 1.82) is 0 Å². The highest BCUT2D eigenvalue weighted by molar-refractivity contribution is 9.10. The number of nitrogens with one attached hydrogen (secondary N) is 1. The van der Waals surface area contributed by atoms with Gasteiger partial charge < -0.3 is 9.72 Å².